The standard InChI is InChI=1S/C25H41NO5S/c1-22-17-19-24(20-18-22)32(29,30)26(3)23(2)31-25(28)16-14-12-10-8-6-4-5-7-9-11-13-15-21-27/h17-20,27H,2,4-16,21H2,1,3H3. The van der Waals surface area contributed by atoms with Crippen LogP contribution in [-0.4, -0.2) is 37.5 Å². The molecule has 0 bridgehead atoms. The van der Waals surface area contributed by atoms with Crippen molar-refractivity contribution in [1.82, 2.24) is 4.31 Å². The van der Waals surface area contributed by atoms with Crippen LogP contribution in [0.4, 0.5) is 0 Å². The molecule has 6 nitrogen and oxygen atoms in total. The number of aliphatic hydroxyl groups is 1. The fraction of sp³-hybridized carbons (Fsp3) is 0.640. The Morgan fingerprint density at radius 1 is 0.875 bits per heavy atom. The van der Waals surface area contributed by atoms with Crippen LogP contribution in [0.2, 0.25) is 0 Å². The highest BCUT2D eigenvalue weighted by molar-refractivity contribution is 7.89. The Balaban J connectivity index is 2.14. The van der Waals surface area contributed by atoms with E-state index in [9.17, 15) is 13.2 Å². The van der Waals surface area contributed by atoms with E-state index >= 15 is 0 Å². The number of unbranched alkanes of at least 4 members (excludes halogenated alkanes) is 11. The van der Waals surface area contributed by atoms with Crippen LogP contribution in [0.25, 0.3) is 0 Å². The molecule has 7 heteroatoms. The summed E-state index contributed by atoms with van der Waals surface area (Å²) in [6.07, 6.45) is 13.7. The van der Waals surface area contributed by atoms with Crippen molar-refractivity contribution in [2.45, 2.75) is 95.3 Å². The van der Waals surface area contributed by atoms with Gasteiger partial charge in [0.15, 0.2) is 0 Å². The van der Waals surface area contributed by atoms with E-state index < -0.39 is 16.0 Å². The first-order valence-electron chi connectivity index (χ1n) is 11.8. The molecule has 0 unspecified atom stereocenters. The van der Waals surface area contributed by atoms with Gasteiger partial charge in [-0.25, -0.2) is 12.7 Å². The van der Waals surface area contributed by atoms with Crippen LogP contribution in [-0.2, 0) is 19.6 Å². The minimum atomic E-state index is -3.80. The molecular formula is C25H41NO5S. The zero-order valence-corrected chi connectivity index (χ0v) is 20.7. The summed E-state index contributed by atoms with van der Waals surface area (Å²) >= 11 is 0. The number of rotatable bonds is 18. The molecular weight excluding hydrogens is 426 g/mol. The largest absolute Gasteiger partial charge is 0.409 e. The molecule has 0 atom stereocenters. The topological polar surface area (TPSA) is 83.9 Å². The van der Waals surface area contributed by atoms with Crippen LogP contribution >= 0.6 is 0 Å². The molecule has 1 N–H and O–H groups in total. The maximum atomic E-state index is 12.6. The number of hydrogen-bond donors (Lipinski definition) is 1. The van der Waals surface area contributed by atoms with Crippen molar-refractivity contribution in [3.8, 4) is 0 Å². The van der Waals surface area contributed by atoms with Gasteiger partial charge in [0, 0.05) is 20.1 Å². The van der Waals surface area contributed by atoms with Gasteiger partial charge in [0.25, 0.3) is 10.0 Å². The van der Waals surface area contributed by atoms with E-state index in [4.69, 9.17) is 9.84 Å². The first-order chi connectivity index (χ1) is 15.3. The number of carbonyl (C=O) groups is 1. The number of aryl methyl sites for hydroxylation is 1. The van der Waals surface area contributed by atoms with Crippen LogP contribution in [0, 0.1) is 6.92 Å². The number of aliphatic hydroxyl groups excluding tert-OH is 1. The number of carbonyl (C=O) groups excluding carboxylic acids is 1. The third-order valence-corrected chi connectivity index (χ3v) is 7.34. The molecule has 0 saturated heterocycles. The lowest BCUT2D eigenvalue weighted by molar-refractivity contribution is -0.140. The molecule has 0 radical (unpaired) electrons. The van der Waals surface area contributed by atoms with E-state index in [1.165, 1.54) is 64.1 Å². The van der Waals surface area contributed by atoms with Gasteiger partial charge in [0.2, 0.25) is 5.88 Å². The molecule has 182 valence electrons. The zero-order valence-electron chi connectivity index (χ0n) is 19.9. The van der Waals surface area contributed by atoms with E-state index in [-0.39, 0.29) is 17.2 Å². The number of ether oxygens (including phenoxy) is 1. The molecule has 0 saturated carbocycles. The molecule has 0 amide bonds. The van der Waals surface area contributed by atoms with Crippen molar-refractivity contribution < 1.29 is 23.1 Å². The van der Waals surface area contributed by atoms with Gasteiger partial charge in [0.1, 0.15) is 0 Å². The van der Waals surface area contributed by atoms with Gasteiger partial charge in [-0.1, -0.05) is 81.9 Å². The van der Waals surface area contributed by atoms with Gasteiger partial charge in [-0.05, 0) is 38.5 Å². The average molecular weight is 468 g/mol. The molecule has 1 rings (SSSR count). The quantitative estimate of drug-likeness (QED) is 0.170. The smallest absolute Gasteiger partial charge is 0.312 e. The molecule has 0 fully saturated rings. The fourth-order valence-electron chi connectivity index (χ4n) is 3.40. The highest BCUT2D eigenvalue weighted by Crippen LogP contribution is 2.19. The Bertz CT molecular complexity index is 774. The summed E-state index contributed by atoms with van der Waals surface area (Å²) < 4.78 is 31.3. The molecule has 0 aromatic heterocycles. The van der Waals surface area contributed by atoms with E-state index in [1.54, 1.807) is 12.1 Å². The van der Waals surface area contributed by atoms with Crippen LogP contribution in [0.15, 0.2) is 41.6 Å². The molecule has 1 aromatic carbocycles. The van der Waals surface area contributed by atoms with E-state index in [0.717, 1.165) is 42.0 Å². The second-order valence-electron chi connectivity index (χ2n) is 8.37. The van der Waals surface area contributed by atoms with Crippen LogP contribution in [0.3, 0.4) is 0 Å². The van der Waals surface area contributed by atoms with Gasteiger partial charge >= 0.3 is 5.97 Å². The van der Waals surface area contributed by atoms with Crippen molar-refractivity contribution in [2.75, 3.05) is 13.7 Å². The number of benzene rings is 1. The van der Waals surface area contributed by atoms with Crippen molar-refractivity contribution in [3.63, 3.8) is 0 Å². The maximum absolute atomic E-state index is 12.6. The summed E-state index contributed by atoms with van der Waals surface area (Å²) in [5, 5.41) is 8.74. The molecule has 0 aliphatic carbocycles. The lowest BCUT2D eigenvalue weighted by atomic mass is 10.0. The van der Waals surface area contributed by atoms with Gasteiger partial charge in [-0.2, -0.15) is 0 Å². The van der Waals surface area contributed by atoms with Gasteiger partial charge in [-0.3, -0.25) is 4.79 Å². The summed E-state index contributed by atoms with van der Waals surface area (Å²) in [6.45, 7) is 5.80. The number of nitrogens with zero attached hydrogens (tertiary/aromatic N) is 1. The van der Waals surface area contributed by atoms with Gasteiger partial charge in [0.05, 0.1) is 4.90 Å². The first kappa shape index (κ1) is 28.2. The van der Waals surface area contributed by atoms with Crippen LogP contribution in [0.5, 0.6) is 0 Å². The predicted octanol–water partition coefficient (Wildman–Crippen LogP) is 5.69. The number of esters is 1. The maximum Gasteiger partial charge on any atom is 0.312 e. The minimum absolute atomic E-state index is 0.129. The summed E-state index contributed by atoms with van der Waals surface area (Å²) in [7, 11) is -2.47. The Kier molecular flexibility index (Phi) is 14.0. The highest BCUT2D eigenvalue weighted by Gasteiger charge is 2.24. The zero-order chi connectivity index (χ0) is 23.8. The normalized spacial score (nSPS) is 11.3. The molecule has 0 aliphatic rings. The van der Waals surface area contributed by atoms with Crippen molar-refractivity contribution in [2.24, 2.45) is 0 Å². The third-order valence-electron chi connectivity index (χ3n) is 5.55. The first-order valence-corrected chi connectivity index (χ1v) is 13.3. The highest BCUT2D eigenvalue weighted by atomic mass is 32.2. The molecule has 0 spiro atoms. The summed E-state index contributed by atoms with van der Waals surface area (Å²) in [4.78, 5) is 12.2. The SMILES string of the molecule is C=C(OC(=O)CCCCCCCCCCCCCCO)N(C)S(=O)(=O)c1ccc(C)cc1. The Morgan fingerprint density at radius 2 is 1.31 bits per heavy atom. The second kappa shape index (κ2) is 15.9. The van der Waals surface area contributed by atoms with Crippen molar-refractivity contribution >= 4 is 16.0 Å². The molecule has 0 aliphatic heterocycles. The second-order valence-corrected chi connectivity index (χ2v) is 10.3. The Hall–Kier alpha value is -1.86. The average Bonchev–Trinajstić information content (AvgIpc) is 2.76. The van der Waals surface area contributed by atoms with Gasteiger partial charge < -0.3 is 9.84 Å². The van der Waals surface area contributed by atoms with E-state index in [0.29, 0.717) is 6.61 Å². The van der Waals surface area contributed by atoms with Crippen molar-refractivity contribution in [1.29, 1.82) is 0 Å². The lowest BCUT2D eigenvalue weighted by Gasteiger charge is -2.20. The summed E-state index contributed by atoms with van der Waals surface area (Å²) in [6, 6.07) is 6.48. The van der Waals surface area contributed by atoms with Crippen LogP contribution < -0.4 is 0 Å². The minimum Gasteiger partial charge on any atom is -0.409 e. The Morgan fingerprint density at radius 3 is 1.78 bits per heavy atom. The third kappa shape index (κ3) is 11.1. The monoisotopic (exact) mass is 467 g/mol. The van der Waals surface area contributed by atoms with E-state index in [2.05, 4.69) is 6.58 Å². The van der Waals surface area contributed by atoms with Crippen molar-refractivity contribution in [3.05, 3.63) is 42.3 Å². The molecule has 1 aromatic rings. The van der Waals surface area contributed by atoms with Gasteiger partial charge in [-0.15, -0.1) is 0 Å². The molecule has 0 heterocycles. The number of sulfonamides is 1. The van der Waals surface area contributed by atoms with Crippen LogP contribution in [0.1, 0.15) is 89.0 Å². The summed E-state index contributed by atoms with van der Waals surface area (Å²) in [5.74, 6) is -0.644. The Labute approximate surface area is 194 Å². The predicted molar refractivity (Wildman–Crippen MR) is 128 cm³/mol. The van der Waals surface area contributed by atoms with E-state index in [1.807, 2.05) is 6.92 Å². The molecule has 32 heavy (non-hydrogen) atoms. The number of hydrogen-bond acceptors (Lipinski definition) is 5. The lowest BCUT2D eigenvalue weighted by Crippen LogP contribution is -2.28. The summed E-state index contributed by atoms with van der Waals surface area (Å²) in [5.41, 5.74) is 0.960. The fourth-order valence-corrected chi connectivity index (χ4v) is 4.50.